The van der Waals surface area contributed by atoms with E-state index in [0.717, 1.165) is 11.8 Å². The third kappa shape index (κ3) is 3.68. The maximum Gasteiger partial charge on any atom is 0.00671 e. The van der Waals surface area contributed by atoms with Crippen LogP contribution in [0.4, 0.5) is 0 Å². The Kier molecular flexibility index (Phi) is 4.79. The molecular weight excluding hydrogens is 158 g/mol. The fraction of sp³-hybridized carbons (Fsp3) is 1.00. The summed E-state index contributed by atoms with van der Waals surface area (Å²) >= 11 is 0. The summed E-state index contributed by atoms with van der Waals surface area (Å²) in [6.45, 7) is 4.61. The van der Waals surface area contributed by atoms with Crippen molar-refractivity contribution in [1.82, 2.24) is 0 Å². The van der Waals surface area contributed by atoms with Crippen LogP contribution in [0.5, 0.6) is 0 Å². The molecule has 0 aromatic carbocycles. The molecule has 0 saturated heterocycles. The highest BCUT2D eigenvalue weighted by Crippen LogP contribution is 2.30. The normalized spacial score (nSPS) is 31.6. The molecule has 1 unspecified atom stereocenters. The molecule has 0 bridgehead atoms. The summed E-state index contributed by atoms with van der Waals surface area (Å²) in [5.41, 5.74) is 6.18. The first kappa shape index (κ1) is 11.0. The van der Waals surface area contributed by atoms with Gasteiger partial charge in [0.1, 0.15) is 0 Å². The van der Waals surface area contributed by atoms with Crippen LogP contribution in [0.15, 0.2) is 0 Å². The minimum Gasteiger partial charge on any atom is -0.327 e. The minimum absolute atomic E-state index is 0.493. The van der Waals surface area contributed by atoms with Gasteiger partial charge >= 0.3 is 0 Å². The highest BCUT2D eigenvalue weighted by molar-refractivity contribution is 4.78. The molecule has 0 aromatic rings. The van der Waals surface area contributed by atoms with Crippen LogP contribution in [0, 0.1) is 11.8 Å². The highest BCUT2D eigenvalue weighted by atomic mass is 14.6. The monoisotopic (exact) mass is 183 g/mol. The molecule has 0 aromatic heterocycles. The van der Waals surface area contributed by atoms with E-state index in [4.69, 9.17) is 5.73 Å². The van der Waals surface area contributed by atoms with Crippen LogP contribution in [0.25, 0.3) is 0 Å². The van der Waals surface area contributed by atoms with Crippen molar-refractivity contribution in [3.05, 3.63) is 0 Å². The number of hydrogen-bond acceptors (Lipinski definition) is 1. The lowest BCUT2D eigenvalue weighted by Gasteiger charge is -2.30. The van der Waals surface area contributed by atoms with Gasteiger partial charge in [-0.05, 0) is 31.1 Å². The Bertz CT molecular complexity index is 125. The second-order valence-corrected chi connectivity index (χ2v) is 4.83. The number of nitrogens with two attached hydrogens (primary N) is 1. The number of hydrogen-bond donors (Lipinski definition) is 1. The Balaban J connectivity index is 2.19. The summed E-state index contributed by atoms with van der Waals surface area (Å²) in [5, 5.41) is 0. The summed E-state index contributed by atoms with van der Waals surface area (Å²) in [7, 11) is 0. The molecule has 1 nitrogen and oxygen atoms in total. The summed E-state index contributed by atoms with van der Waals surface area (Å²) in [6.07, 6.45) is 9.42. The van der Waals surface area contributed by atoms with E-state index in [1.165, 1.54) is 44.9 Å². The average Bonchev–Trinajstić information content (AvgIpc) is 2.15. The predicted octanol–water partition coefficient (Wildman–Crippen LogP) is 3.33. The molecule has 1 heteroatoms. The van der Waals surface area contributed by atoms with Crippen molar-refractivity contribution >= 4 is 0 Å². The van der Waals surface area contributed by atoms with Gasteiger partial charge in [-0.15, -0.1) is 0 Å². The Hall–Kier alpha value is -0.0400. The molecule has 78 valence electrons. The van der Waals surface area contributed by atoms with Crippen LogP contribution in [-0.4, -0.2) is 6.04 Å². The molecule has 0 spiro atoms. The lowest BCUT2D eigenvalue weighted by molar-refractivity contribution is 0.246. The van der Waals surface area contributed by atoms with Crippen molar-refractivity contribution in [3.8, 4) is 0 Å². The standard InChI is InChI=1S/C12H25N/c1-3-4-5-12(13)11-8-6-10(2)7-9-11/h10-12H,3-9,13H2,1-2H3. The molecular formula is C12H25N. The van der Waals surface area contributed by atoms with Crippen molar-refractivity contribution in [2.75, 3.05) is 0 Å². The lowest BCUT2D eigenvalue weighted by Crippen LogP contribution is -2.32. The zero-order valence-corrected chi connectivity index (χ0v) is 9.26. The van der Waals surface area contributed by atoms with Crippen LogP contribution >= 0.6 is 0 Å². The molecule has 0 radical (unpaired) electrons. The first-order valence-electron chi connectivity index (χ1n) is 5.99. The summed E-state index contributed by atoms with van der Waals surface area (Å²) in [4.78, 5) is 0. The molecule has 1 aliphatic rings. The molecule has 1 aliphatic carbocycles. The van der Waals surface area contributed by atoms with Crippen LogP contribution in [-0.2, 0) is 0 Å². The second-order valence-electron chi connectivity index (χ2n) is 4.83. The second kappa shape index (κ2) is 5.64. The van der Waals surface area contributed by atoms with Gasteiger partial charge in [0, 0.05) is 6.04 Å². The quantitative estimate of drug-likeness (QED) is 0.711. The van der Waals surface area contributed by atoms with Crippen molar-refractivity contribution in [2.24, 2.45) is 17.6 Å². The third-order valence-electron chi connectivity index (χ3n) is 3.56. The van der Waals surface area contributed by atoms with Crippen molar-refractivity contribution in [3.63, 3.8) is 0 Å². The maximum atomic E-state index is 6.18. The predicted molar refractivity (Wildman–Crippen MR) is 58.6 cm³/mol. The van der Waals surface area contributed by atoms with Gasteiger partial charge in [-0.3, -0.25) is 0 Å². The van der Waals surface area contributed by atoms with Crippen molar-refractivity contribution in [1.29, 1.82) is 0 Å². The van der Waals surface area contributed by atoms with E-state index in [9.17, 15) is 0 Å². The van der Waals surface area contributed by atoms with E-state index in [1.54, 1.807) is 0 Å². The fourth-order valence-electron chi connectivity index (χ4n) is 2.39. The summed E-state index contributed by atoms with van der Waals surface area (Å²) in [5.74, 6) is 1.79. The van der Waals surface area contributed by atoms with Gasteiger partial charge in [0.05, 0.1) is 0 Å². The molecule has 2 N–H and O–H groups in total. The Morgan fingerprint density at radius 2 is 1.85 bits per heavy atom. The first-order valence-corrected chi connectivity index (χ1v) is 5.99. The van der Waals surface area contributed by atoms with Crippen LogP contribution in [0.2, 0.25) is 0 Å². The van der Waals surface area contributed by atoms with E-state index >= 15 is 0 Å². The van der Waals surface area contributed by atoms with Crippen molar-refractivity contribution < 1.29 is 0 Å². The van der Waals surface area contributed by atoms with Crippen LogP contribution in [0.1, 0.15) is 58.8 Å². The van der Waals surface area contributed by atoms with Crippen LogP contribution < -0.4 is 5.73 Å². The zero-order chi connectivity index (χ0) is 9.68. The van der Waals surface area contributed by atoms with E-state index in [0.29, 0.717) is 6.04 Å². The summed E-state index contributed by atoms with van der Waals surface area (Å²) in [6, 6.07) is 0.493. The maximum absolute atomic E-state index is 6.18. The largest absolute Gasteiger partial charge is 0.327 e. The van der Waals surface area contributed by atoms with E-state index in [1.807, 2.05) is 0 Å². The minimum atomic E-state index is 0.493. The van der Waals surface area contributed by atoms with Gasteiger partial charge in [-0.2, -0.15) is 0 Å². The SMILES string of the molecule is CCCCC(N)C1CCC(C)CC1. The molecule has 0 amide bonds. The smallest absolute Gasteiger partial charge is 0.00671 e. The molecule has 0 aliphatic heterocycles. The molecule has 1 saturated carbocycles. The first-order chi connectivity index (χ1) is 6.24. The summed E-state index contributed by atoms with van der Waals surface area (Å²) < 4.78 is 0. The zero-order valence-electron chi connectivity index (χ0n) is 9.26. The number of rotatable bonds is 4. The fourth-order valence-corrected chi connectivity index (χ4v) is 2.39. The average molecular weight is 183 g/mol. The Morgan fingerprint density at radius 1 is 1.23 bits per heavy atom. The van der Waals surface area contributed by atoms with Gasteiger partial charge in [0.15, 0.2) is 0 Å². The van der Waals surface area contributed by atoms with E-state index < -0.39 is 0 Å². The number of unbranched alkanes of at least 4 members (excludes halogenated alkanes) is 1. The van der Waals surface area contributed by atoms with Crippen LogP contribution in [0.3, 0.4) is 0 Å². The molecule has 1 rings (SSSR count). The molecule has 1 atom stereocenters. The molecule has 13 heavy (non-hydrogen) atoms. The topological polar surface area (TPSA) is 26.0 Å². The van der Waals surface area contributed by atoms with Gasteiger partial charge in [-0.1, -0.05) is 39.5 Å². The van der Waals surface area contributed by atoms with E-state index in [-0.39, 0.29) is 0 Å². The third-order valence-corrected chi connectivity index (χ3v) is 3.56. The van der Waals surface area contributed by atoms with Gasteiger partial charge in [0.2, 0.25) is 0 Å². The van der Waals surface area contributed by atoms with Gasteiger partial charge in [0.25, 0.3) is 0 Å². The lowest BCUT2D eigenvalue weighted by atomic mass is 9.78. The van der Waals surface area contributed by atoms with E-state index in [2.05, 4.69) is 13.8 Å². The Morgan fingerprint density at radius 3 is 2.38 bits per heavy atom. The van der Waals surface area contributed by atoms with Gasteiger partial charge < -0.3 is 5.73 Å². The van der Waals surface area contributed by atoms with Crippen molar-refractivity contribution in [2.45, 2.75) is 64.8 Å². The molecule has 0 heterocycles. The Labute approximate surface area is 83.1 Å². The van der Waals surface area contributed by atoms with Gasteiger partial charge in [-0.25, -0.2) is 0 Å². The molecule has 1 fully saturated rings. The highest BCUT2D eigenvalue weighted by Gasteiger charge is 2.22.